The van der Waals surface area contributed by atoms with Crippen LogP contribution < -0.4 is 10.0 Å². The summed E-state index contributed by atoms with van der Waals surface area (Å²) in [5.74, 6) is 0.684. The Bertz CT molecular complexity index is 776. The predicted molar refractivity (Wildman–Crippen MR) is 90.6 cm³/mol. The Labute approximate surface area is 141 Å². The second-order valence-corrected chi connectivity index (χ2v) is 7.44. The SMILES string of the molecule is Cc1n[nH]c(C)c1S(=O)(=O)Nc1ccc(NCC2CCCO2)nc1. The molecule has 3 rings (SSSR count). The number of aromatic amines is 1. The van der Waals surface area contributed by atoms with E-state index in [0.717, 1.165) is 19.4 Å². The number of hydrogen-bond donors (Lipinski definition) is 3. The first-order valence-corrected chi connectivity index (χ1v) is 9.30. The van der Waals surface area contributed by atoms with Gasteiger partial charge < -0.3 is 10.1 Å². The number of sulfonamides is 1. The van der Waals surface area contributed by atoms with E-state index in [-0.39, 0.29) is 11.0 Å². The fourth-order valence-corrected chi connectivity index (χ4v) is 4.14. The van der Waals surface area contributed by atoms with Crippen LogP contribution in [0.15, 0.2) is 23.2 Å². The lowest BCUT2D eigenvalue weighted by Gasteiger charge is -2.12. The second kappa shape index (κ2) is 6.78. The molecule has 0 amide bonds. The van der Waals surface area contributed by atoms with E-state index < -0.39 is 10.0 Å². The van der Waals surface area contributed by atoms with Gasteiger partial charge >= 0.3 is 0 Å². The van der Waals surface area contributed by atoms with Crippen LogP contribution >= 0.6 is 0 Å². The molecule has 0 spiro atoms. The molecule has 3 heterocycles. The van der Waals surface area contributed by atoms with Crippen LogP contribution in [0.2, 0.25) is 0 Å². The summed E-state index contributed by atoms with van der Waals surface area (Å²) in [7, 11) is -3.69. The van der Waals surface area contributed by atoms with Crippen LogP contribution in [0.25, 0.3) is 0 Å². The molecule has 8 nitrogen and oxygen atoms in total. The molecule has 3 N–H and O–H groups in total. The summed E-state index contributed by atoms with van der Waals surface area (Å²) in [6.07, 6.45) is 3.85. The van der Waals surface area contributed by atoms with E-state index in [2.05, 4.69) is 25.2 Å². The Hall–Kier alpha value is -2.13. The Balaban J connectivity index is 1.65. The van der Waals surface area contributed by atoms with Gasteiger partial charge in [-0.15, -0.1) is 0 Å². The van der Waals surface area contributed by atoms with Crippen molar-refractivity contribution in [2.24, 2.45) is 0 Å². The minimum absolute atomic E-state index is 0.170. The number of aryl methyl sites for hydroxylation is 2. The van der Waals surface area contributed by atoms with Gasteiger partial charge in [-0.25, -0.2) is 13.4 Å². The van der Waals surface area contributed by atoms with Crippen molar-refractivity contribution in [3.8, 4) is 0 Å². The molecule has 130 valence electrons. The number of ether oxygens (including phenoxy) is 1. The third-order valence-corrected chi connectivity index (χ3v) is 5.52. The van der Waals surface area contributed by atoms with E-state index in [1.54, 1.807) is 26.0 Å². The molecule has 2 aromatic heterocycles. The summed E-state index contributed by atoms with van der Waals surface area (Å²) in [5, 5.41) is 9.79. The smallest absolute Gasteiger partial charge is 0.265 e. The van der Waals surface area contributed by atoms with Gasteiger partial charge in [0.25, 0.3) is 10.0 Å². The Morgan fingerprint density at radius 3 is 2.79 bits per heavy atom. The van der Waals surface area contributed by atoms with E-state index >= 15 is 0 Å². The average molecular weight is 351 g/mol. The summed E-state index contributed by atoms with van der Waals surface area (Å²) in [4.78, 5) is 4.40. The highest BCUT2D eigenvalue weighted by Crippen LogP contribution is 2.21. The van der Waals surface area contributed by atoms with Gasteiger partial charge in [-0.05, 0) is 38.8 Å². The van der Waals surface area contributed by atoms with Crippen molar-refractivity contribution >= 4 is 21.5 Å². The van der Waals surface area contributed by atoms with Crippen LogP contribution in [0, 0.1) is 13.8 Å². The lowest BCUT2D eigenvalue weighted by Crippen LogP contribution is -2.19. The maximum Gasteiger partial charge on any atom is 0.265 e. The van der Waals surface area contributed by atoms with E-state index in [1.807, 2.05) is 0 Å². The molecule has 0 aliphatic carbocycles. The number of aromatic nitrogens is 3. The minimum atomic E-state index is -3.69. The molecule has 1 aliphatic heterocycles. The number of hydrogen-bond acceptors (Lipinski definition) is 6. The van der Waals surface area contributed by atoms with Crippen molar-refractivity contribution in [2.45, 2.75) is 37.7 Å². The van der Waals surface area contributed by atoms with Gasteiger partial charge in [0.15, 0.2) is 0 Å². The molecule has 9 heteroatoms. The maximum absolute atomic E-state index is 12.5. The van der Waals surface area contributed by atoms with Crippen molar-refractivity contribution in [1.82, 2.24) is 15.2 Å². The van der Waals surface area contributed by atoms with Crippen molar-refractivity contribution < 1.29 is 13.2 Å². The first kappa shape index (κ1) is 16.7. The molecule has 0 aromatic carbocycles. The van der Waals surface area contributed by atoms with E-state index in [0.29, 0.717) is 29.4 Å². The minimum Gasteiger partial charge on any atom is -0.376 e. The number of H-pyrrole nitrogens is 1. The third kappa shape index (κ3) is 3.68. The monoisotopic (exact) mass is 351 g/mol. The number of rotatable bonds is 6. The van der Waals surface area contributed by atoms with Gasteiger partial charge in [0, 0.05) is 13.2 Å². The first-order chi connectivity index (χ1) is 11.5. The topological polar surface area (TPSA) is 109 Å². The van der Waals surface area contributed by atoms with Crippen molar-refractivity contribution in [3.05, 3.63) is 29.7 Å². The largest absolute Gasteiger partial charge is 0.376 e. The van der Waals surface area contributed by atoms with Gasteiger partial charge in [-0.3, -0.25) is 9.82 Å². The molecule has 24 heavy (non-hydrogen) atoms. The van der Waals surface area contributed by atoms with Crippen LogP contribution in [0.3, 0.4) is 0 Å². The van der Waals surface area contributed by atoms with Crippen LogP contribution in [0.4, 0.5) is 11.5 Å². The first-order valence-electron chi connectivity index (χ1n) is 7.81. The fourth-order valence-electron chi connectivity index (χ4n) is 2.73. The molecular weight excluding hydrogens is 330 g/mol. The van der Waals surface area contributed by atoms with Gasteiger partial charge in [0.05, 0.1) is 29.4 Å². The second-order valence-electron chi connectivity index (χ2n) is 5.82. The quantitative estimate of drug-likeness (QED) is 0.732. The molecule has 1 fully saturated rings. The highest BCUT2D eigenvalue weighted by atomic mass is 32.2. The lowest BCUT2D eigenvalue weighted by atomic mass is 10.2. The summed E-state index contributed by atoms with van der Waals surface area (Å²) in [6, 6.07) is 3.41. The van der Waals surface area contributed by atoms with Crippen LogP contribution in [0.5, 0.6) is 0 Å². The highest BCUT2D eigenvalue weighted by molar-refractivity contribution is 7.92. The summed E-state index contributed by atoms with van der Waals surface area (Å²) in [6.45, 7) is 4.83. The van der Waals surface area contributed by atoms with Crippen molar-refractivity contribution in [3.63, 3.8) is 0 Å². The van der Waals surface area contributed by atoms with Crippen molar-refractivity contribution in [1.29, 1.82) is 0 Å². The summed E-state index contributed by atoms with van der Waals surface area (Å²) < 4.78 is 33.0. The van der Waals surface area contributed by atoms with Gasteiger partial charge in [-0.2, -0.15) is 5.10 Å². The zero-order chi connectivity index (χ0) is 17.2. The van der Waals surface area contributed by atoms with Crippen LogP contribution in [-0.2, 0) is 14.8 Å². The van der Waals surface area contributed by atoms with Gasteiger partial charge in [0.1, 0.15) is 10.7 Å². The molecular formula is C15H21N5O3S. The van der Waals surface area contributed by atoms with Gasteiger partial charge in [-0.1, -0.05) is 0 Å². The third-order valence-electron chi connectivity index (χ3n) is 3.88. The Morgan fingerprint density at radius 1 is 1.38 bits per heavy atom. The van der Waals surface area contributed by atoms with E-state index in [9.17, 15) is 8.42 Å². The van der Waals surface area contributed by atoms with Crippen LogP contribution in [-0.4, -0.2) is 42.9 Å². The zero-order valence-electron chi connectivity index (χ0n) is 13.7. The van der Waals surface area contributed by atoms with E-state index in [1.165, 1.54) is 6.20 Å². The van der Waals surface area contributed by atoms with Crippen LogP contribution in [0.1, 0.15) is 24.2 Å². The average Bonchev–Trinajstić information content (AvgIpc) is 3.16. The fraction of sp³-hybridized carbons (Fsp3) is 0.467. The number of pyridine rings is 1. The number of nitrogens with zero attached hydrogens (tertiary/aromatic N) is 2. The summed E-state index contributed by atoms with van der Waals surface area (Å²) >= 11 is 0. The molecule has 0 bridgehead atoms. The maximum atomic E-state index is 12.5. The molecule has 1 atom stereocenters. The van der Waals surface area contributed by atoms with E-state index in [4.69, 9.17) is 4.74 Å². The standard InChI is InChI=1S/C15H21N5O3S/c1-10-15(11(2)19-18-10)24(21,22)20-12-5-6-14(16-8-12)17-9-13-4-3-7-23-13/h5-6,8,13,20H,3-4,7,9H2,1-2H3,(H,16,17)(H,18,19). The molecule has 0 radical (unpaired) electrons. The molecule has 1 aliphatic rings. The zero-order valence-corrected chi connectivity index (χ0v) is 14.5. The molecule has 0 saturated carbocycles. The summed E-state index contributed by atoms with van der Waals surface area (Å²) in [5.41, 5.74) is 1.34. The molecule has 1 unspecified atom stereocenters. The predicted octanol–water partition coefficient (Wildman–Crippen LogP) is 1.81. The van der Waals surface area contributed by atoms with Crippen molar-refractivity contribution in [2.75, 3.05) is 23.2 Å². The highest BCUT2D eigenvalue weighted by Gasteiger charge is 2.22. The Kier molecular flexibility index (Phi) is 4.72. The molecule has 2 aromatic rings. The number of nitrogens with one attached hydrogen (secondary N) is 3. The molecule has 1 saturated heterocycles. The van der Waals surface area contributed by atoms with Gasteiger partial charge in [0.2, 0.25) is 0 Å². The normalized spacial score (nSPS) is 17.8. The lowest BCUT2D eigenvalue weighted by molar-refractivity contribution is 0.120. The number of anilines is 2. The Morgan fingerprint density at radius 2 is 2.21 bits per heavy atom.